The van der Waals surface area contributed by atoms with Crippen LogP contribution in [0.15, 0.2) is 121 Å². The molecule has 39 heavy (non-hydrogen) atoms. The van der Waals surface area contributed by atoms with Gasteiger partial charge in [-0.1, -0.05) is 103 Å². The second-order valence-corrected chi connectivity index (χ2v) is 8.93. The Kier molecular flexibility index (Phi) is 9.37. The maximum absolute atomic E-state index is 13.5. The Morgan fingerprint density at radius 1 is 0.744 bits per heavy atom. The predicted octanol–water partition coefficient (Wildman–Crippen LogP) is 5.39. The molecule has 0 aliphatic rings. The van der Waals surface area contributed by atoms with Crippen LogP contribution >= 0.6 is 0 Å². The van der Waals surface area contributed by atoms with Gasteiger partial charge in [0.05, 0.1) is 0 Å². The van der Waals surface area contributed by atoms with Crippen molar-refractivity contribution >= 4 is 23.9 Å². The highest BCUT2D eigenvalue weighted by Gasteiger charge is 2.24. The van der Waals surface area contributed by atoms with E-state index in [0.29, 0.717) is 12.1 Å². The Hall–Kier alpha value is -5.01. The van der Waals surface area contributed by atoms with Gasteiger partial charge in [0.1, 0.15) is 0 Å². The van der Waals surface area contributed by atoms with Crippen LogP contribution in [-0.2, 0) is 11.3 Å². The predicted molar refractivity (Wildman–Crippen MR) is 150 cm³/mol. The van der Waals surface area contributed by atoms with Crippen LogP contribution in [0.1, 0.15) is 38.5 Å². The molecule has 7 nitrogen and oxygen atoms in total. The third-order valence-corrected chi connectivity index (χ3v) is 6.24. The third-order valence-electron chi connectivity index (χ3n) is 6.24. The van der Waals surface area contributed by atoms with Gasteiger partial charge in [-0.3, -0.25) is 20.1 Å². The summed E-state index contributed by atoms with van der Waals surface area (Å²) in [6.45, 7) is 0.589. The number of imide groups is 1. The van der Waals surface area contributed by atoms with Crippen molar-refractivity contribution in [2.75, 3.05) is 6.54 Å². The largest absolute Gasteiger partial charge is 0.324 e. The van der Waals surface area contributed by atoms with Gasteiger partial charge in [0.25, 0.3) is 11.8 Å². The summed E-state index contributed by atoms with van der Waals surface area (Å²) < 4.78 is 0. The van der Waals surface area contributed by atoms with E-state index >= 15 is 0 Å². The average Bonchev–Trinajstić information content (AvgIpc) is 2.99. The Labute approximate surface area is 227 Å². The second kappa shape index (κ2) is 13.5. The topological polar surface area (TPSA) is 98.7 Å². The van der Waals surface area contributed by atoms with Crippen LogP contribution in [0.2, 0.25) is 0 Å². The van der Waals surface area contributed by atoms with Crippen molar-refractivity contribution in [3.63, 3.8) is 0 Å². The number of nitrogens with one attached hydrogen (secondary N) is 2. The van der Waals surface area contributed by atoms with E-state index in [9.17, 15) is 14.4 Å². The molecule has 0 bridgehead atoms. The highest BCUT2D eigenvalue weighted by Crippen LogP contribution is 2.26. The quantitative estimate of drug-likeness (QED) is 0.157. The van der Waals surface area contributed by atoms with Gasteiger partial charge in [0.15, 0.2) is 0 Å². The molecule has 0 aromatic heterocycles. The molecule has 0 unspecified atom stereocenters. The Balaban J connectivity index is 1.61. The fourth-order valence-corrected chi connectivity index (χ4v) is 4.22. The van der Waals surface area contributed by atoms with Crippen molar-refractivity contribution in [3.8, 4) is 0 Å². The number of carbonyl (C=O) groups excluding carboxylic acids is 3. The number of carbonyl (C=O) groups is 3. The first-order valence-electron chi connectivity index (χ1n) is 12.5. The lowest BCUT2D eigenvalue weighted by molar-refractivity contribution is -0.124. The van der Waals surface area contributed by atoms with E-state index in [1.165, 1.54) is 6.08 Å². The molecule has 4 rings (SSSR count). The SMILES string of the molecule is O=C(C=Cc1ccc(CN(CC(c2ccccc2)c2ccccc2)C(=O)NC(=O)c2ccccc2)cc1)NO. The van der Waals surface area contributed by atoms with E-state index in [0.717, 1.165) is 22.3 Å². The van der Waals surface area contributed by atoms with Gasteiger partial charge in [0.2, 0.25) is 0 Å². The lowest BCUT2D eigenvalue weighted by atomic mass is 9.90. The molecule has 0 aliphatic heterocycles. The van der Waals surface area contributed by atoms with E-state index in [1.54, 1.807) is 40.7 Å². The van der Waals surface area contributed by atoms with Crippen LogP contribution in [-0.4, -0.2) is 34.5 Å². The Bertz CT molecular complexity index is 1370. The van der Waals surface area contributed by atoms with E-state index in [2.05, 4.69) is 5.32 Å². The second-order valence-electron chi connectivity index (χ2n) is 8.93. The Morgan fingerprint density at radius 2 is 1.28 bits per heavy atom. The van der Waals surface area contributed by atoms with Gasteiger partial charge >= 0.3 is 6.03 Å². The normalized spacial score (nSPS) is 10.8. The molecule has 196 valence electrons. The summed E-state index contributed by atoms with van der Waals surface area (Å²) >= 11 is 0. The van der Waals surface area contributed by atoms with Gasteiger partial charge in [-0.05, 0) is 40.5 Å². The van der Waals surface area contributed by atoms with Crippen molar-refractivity contribution in [2.45, 2.75) is 12.5 Å². The van der Waals surface area contributed by atoms with Crippen LogP contribution in [0, 0.1) is 0 Å². The van der Waals surface area contributed by atoms with Crippen molar-refractivity contribution < 1.29 is 19.6 Å². The number of nitrogens with zero attached hydrogens (tertiary/aromatic N) is 1. The molecule has 0 aliphatic carbocycles. The molecule has 0 radical (unpaired) electrons. The average molecular weight is 520 g/mol. The summed E-state index contributed by atoms with van der Waals surface area (Å²) in [6.07, 6.45) is 2.79. The van der Waals surface area contributed by atoms with Gasteiger partial charge in [-0.25, -0.2) is 10.3 Å². The van der Waals surface area contributed by atoms with E-state index in [4.69, 9.17) is 5.21 Å². The van der Waals surface area contributed by atoms with Crippen molar-refractivity contribution in [1.29, 1.82) is 0 Å². The third kappa shape index (κ3) is 7.74. The zero-order chi connectivity index (χ0) is 27.5. The molecule has 0 atom stereocenters. The van der Waals surface area contributed by atoms with Crippen LogP contribution in [0.3, 0.4) is 0 Å². The van der Waals surface area contributed by atoms with E-state index < -0.39 is 17.8 Å². The van der Waals surface area contributed by atoms with Crippen LogP contribution in [0.5, 0.6) is 0 Å². The first kappa shape index (κ1) is 27.0. The highest BCUT2D eigenvalue weighted by molar-refractivity contribution is 6.04. The van der Waals surface area contributed by atoms with Crippen molar-refractivity contribution in [2.24, 2.45) is 0 Å². The van der Waals surface area contributed by atoms with Gasteiger partial charge in [-0.15, -0.1) is 0 Å². The molecule has 0 fully saturated rings. The molecule has 0 saturated carbocycles. The Morgan fingerprint density at radius 3 is 1.82 bits per heavy atom. The summed E-state index contributed by atoms with van der Waals surface area (Å²) in [5, 5.41) is 11.2. The first-order chi connectivity index (χ1) is 19.0. The molecule has 7 heteroatoms. The standard InChI is InChI=1S/C32H29N3O4/c36-30(34-39)21-20-24-16-18-25(19-17-24)22-35(32(38)33-31(37)28-14-8-3-9-15-28)23-29(26-10-4-1-5-11-26)27-12-6-2-7-13-27/h1-21,29,39H,22-23H2,(H,34,36)(H,33,37,38). The maximum atomic E-state index is 13.5. The van der Waals surface area contributed by atoms with Crippen LogP contribution in [0.4, 0.5) is 4.79 Å². The monoisotopic (exact) mass is 519 g/mol. The minimum Gasteiger partial charge on any atom is -0.319 e. The molecular formula is C32H29N3O4. The van der Waals surface area contributed by atoms with E-state index in [1.807, 2.05) is 91.0 Å². The zero-order valence-electron chi connectivity index (χ0n) is 21.2. The highest BCUT2D eigenvalue weighted by atomic mass is 16.5. The van der Waals surface area contributed by atoms with Gasteiger partial charge < -0.3 is 4.90 Å². The summed E-state index contributed by atoms with van der Waals surface area (Å²) in [5.74, 6) is -1.22. The van der Waals surface area contributed by atoms with Crippen molar-refractivity contribution in [3.05, 3.63) is 149 Å². The fourth-order valence-electron chi connectivity index (χ4n) is 4.22. The molecule has 4 aromatic carbocycles. The maximum Gasteiger partial charge on any atom is 0.324 e. The molecular weight excluding hydrogens is 490 g/mol. The van der Waals surface area contributed by atoms with Crippen LogP contribution in [0.25, 0.3) is 6.08 Å². The number of benzene rings is 4. The zero-order valence-corrected chi connectivity index (χ0v) is 21.2. The van der Waals surface area contributed by atoms with Gasteiger partial charge in [-0.2, -0.15) is 0 Å². The van der Waals surface area contributed by atoms with E-state index in [-0.39, 0.29) is 12.5 Å². The first-order valence-corrected chi connectivity index (χ1v) is 12.5. The molecule has 3 N–H and O–H groups in total. The molecule has 4 amide bonds. The summed E-state index contributed by atoms with van der Waals surface area (Å²) in [7, 11) is 0. The minimum absolute atomic E-state index is 0.121. The molecule has 0 heterocycles. The number of hydrogen-bond donors (Lipinski definition) is 3. The van der Waals surface area contributed by atoms with Gasteiger partial charge in [0, 0.05) is 30.6 Å². The minimum atomic E-state index is -0.627. The number of amides is 4. The summed E-state index contributed by atoms with van der Waals surface area (Å²) in [4.78, 5) is 39.2. The fraction of sp³-hybridized carbons (Fsp3) is 0.0938. The molecule has 0 spiro atoms. The summed E-state index contributed by atoms with van der Waals surface area (Å²) in [5.41, 5.74) is 5.66. The molecule has 4 aromatic rings. The lowest BCUT2D eigenvalue weighted by Crippen LogP contribution is -2.44. The number of rotatable bonds is 9. The number of hydroxylamine groups is 1. The molecule has 0 saturated heterocycles. The number of urea groups is 1. The smallest absolute Gasteiger partial charge is 0.319 e. The lowest BCUT2D eigenvalue weighted by Gasteiger charge is -2.28. The number of hydrogen-bond acceptors (Lipinski definition) is 4. The summed E-state index contributed by atoms with van der Waals surface area (Å²) in [6, 6.07) is 35.4. The van der Waals surface area contributed by atoms with Crippen LogP contribution < -0.4 is 10.8 Å². The van der Waals surface area contributed by atoms with Crippen molar-refractivity contribution in [1.82, 2.24) is 15.7 Å².